The summed E-state index contributed by atoms with van der Waals surface area (Å²) >= 11 is 3.50. The first-order valence-corrected chi connectivity index (χ1v) is 5.48. The summed E-state index contributed by atoms with van der Waals surface area (Å²) in [7, 11) is 0. The van der Waals surface area contributed by atoms with Gasteiger partial charge in [-0.15, -0.1) is 11.3 Å². The van der Waals surface area contributed by atoms with E-state index in [1.165, 1.54) is 11.3 Å². The third-order valence-electron chi connectivity index (χ3n) is 1.74. The summed E-state index contributed by atoms with van der Waals surface area (Å²) < 4.78 is 1.84. The van der Waals surface area contributed by atoms with Crippen molar-refractivity contribution >= 4 is 50.3 Å². The monoisotopic (exact) mass is 304 g/mol. The SMILES string of the molecule is O=Cc1cc2c(I)ccc(O)c2s1. The number of aldehydes is 1. The summed E-state index contributed by atoms with van der Waals surface area (Å²) in [6.07, 6.45) is 0.806. The van der Waals surface area contributed by atoms with Crippen LogP contribution in [-0.4, -0.2) is 11.4 Å². The van der Waals surface area contributed by atoms with Gasteiger partial charge >= 0.3 is 0 Å². The number of hydrogen-bond donors (Lipinski definition) is 1. The Morgan fingerprint density at radius 3 is 2.85 bits per heavy atom. The molecule has 0 bridgehead atoms. The molecule has 2 nitrogen and oxygen atoms in total. The van der Waals surface area contributed by atoms with E-state index in [1.807, 2.05) is 6.07 Å². The smallest absolute Gasteiger partial charge is 0.160 e. The molecule has 0 atom stereocenters. The van der Waals surface area contributed by atoms with Gasteiger partial charge in [-0.2, -0.15) is 0 Å². The third kappa shape index (κ3) is 1.44. The molecule has 2 rings (SSSR count). The number of benzene rings is 1. The van der Waals surface area contributed by atoms with E-state index in [2.05, 4.69) is 22.6 Å². The lowest BCUT2D eigenvalue weighted by Crippen LogP contribution is -1.71. The average molecular weight is 304 g/mol. The lowest BCUT2D eigenvalue weighted by Gasteiger charge is -1.95. The summed E-state index contributed by atoms with van der Waals surface area (Å²) in [5.41, 5.74) is 0. The second-order valence-electron chi connectivity index (χ2n) is 2.58. The fourth-order valence-electron chi connectivity index (χ4n) is 1.15. The van der Waals surface area contributed by atoms with Crippen LogP contribution in [0.2, 0.25) is 0 Å². The van der Waals surface area contributed by atoms with E-state index < -0.39 is 0 Å². The zero-order chi connectivity index (χ0) is 9.42. The van der Waals surface area contributed by atoms with Crippen molar-refractivity contribution < 1.29 is 9.90 Å². The van der Waals surface area contributed by atoms with Gasteiger partial charge in [-0.3, -0.25) is 4.79 Å². The molecule has 66 valence electrons. The minimum Gasteiger partial charge on any atom is -0.506 e. The highest BCUT2D eigenvalue weighted by Crippen LogP contribution is 2.34. The molecule has 0 spiro atoms. The van der Waals surface area contributed by atoms with E-state index in [-0.39, 0.29) is 5.75 Å². The molecule has 0 aliphatic carbocycles. The molecule has 0 aliphatic rings. The molecule has 1 aromatic heterocycles. The normalized spacial score (nSPS) is 10.5. The van der Waals surface area contributed by atoms with Crippen LogP contribution in [0.3, 0.4) is 0 Å². The first kappa shape index (κ1) is 8.96. The summed E-state index contributed by atoms with van der Waals surface area (Å²) in [6, 6.07) is 5.28. The lowest BCUT2D eigenvalue weighted by molar-refractivity contribution is 0.112. The first-order valence-electron chi connectivity index (χ1n) is 3.58. The van der Waals surface area contributed by atoms with Crippen LogP contribution in [0.15, 0.2) is 18.2 Å². The molecule has 0 saturated heterocycles. The van der Waals surface area contributed by atoms with Crippen molar-refractivity contribution in [3.05, 3.63) is 26.6 Å². The van der Waals surface area contributed by atoms with Gasteiger partial charge in [-0.05, 0) is 40.8 Å². The molecule has 0 saturated carbocycles. The fraction of sp³-hybridized carbons (Fsp3) is 0. The van der Waals surface area contributed by atoms with Crippen LogP contribution in [0, 0.1) is 3.57 Å². The lowest BCUT2D eigenvalue weighted by atomic mass is 10.2. The van der Waals surface area contributed by atoms with Crippen LogP contribution in [0.25, 0.3) is 10.1 Å². The third-order valence-corrected chi connectivity index (χ3v) is 3.77. The molecular formula is C9H5IO2S. The number of aromatic hydroxyl groups is 1. The Kier molecular flexibility index (Phi) is 2.25. The second-order valence-corrected chi connectivity index (χ2v) is 4.82. The molecule has 0 aliphatic heterocycles. The number of rotatable bonds is 1. The molecule has 1 aromatic carbocycles. The Hall–Kier alpha value is -0.620. The van der Waals surface area contributed by atoms with E-state index in [1.54, 1.807) is 12.1 Å². The Morgan fingerprint density at radius 2 is 2.23 bits per heavy atom. The molecule has 4 heteroatoms. The molecule has 2 aromatic rings. The van der Waals surface area contributed by atoms with E-state index in [9.17, 15) is 9.90 Å². The van der Waals surface area contributed by atoms with Crippen molar-refractivity contribution in [2.24, 2.45) is 0 Å². The molecule has 0 amide bonds. The predicted molar refractivity (Wildman–Crippen MR) is 61.6 cm³/mol. The van der Waals surface area contributed by atoms with Gasteiger partial charge in [0.25, 0.3) is 0 Å². The van der Waals surface area contributed by atoms with Crippen molar-refractivity contribution in [1.82, 2.24) is 0 Å². The maximum Gasteiger partial charge on any atom is 0.160 e. The standard InChI is InChI=1S/C9H5IO2S/c10-7-1-2-8(12)9-6(7)3-5(4-11)13-9/h1-4,12H. The predicted octanol–water partition coefficient (Wildman–Crippen LogP) is 3.02. The maximum absolute atomic E-state index is 10.5. The number of phenolic OH excluding ortho intramolecular Hbond substituents is 1. The summed E-state index contributed by atoms with van der Waals surface area (Å²) in [6.45, 7) is 0. The Bertz CT molecular complexity index is 437. The highest BCUT2D eigenvalue weighted by atomic mass is 127. The number of fused-ring (bicyclic) bond motifs is 1. The van der Waals surface area contributed by atoms with Gasteiger partial charge in [0.1, 0.15) is 5.75 Å². The van der Waals surface area contributed by atoms with Gasteiger partial charge < -0.3 is 5.11 Å². The maximum atomic E-state index is 10.5. The Balaban J connectivity index is 2.87. The van der Waals surface area contributed by atoms with E-state index >= 15 is 0 Å². The molecule has 1 heterocycles. The fourth-order valence-corrected chi connectivity index (χ4v) is 2.85. The van der Waals surface area contributed by atoms with Crippen LogP contribution >= 0.6 is 33.9 Å². The van der Waals surface area contributed by atoms with Crippen LogP contribution in [0.5, 0.6) is 5.75 Å². The van der Waals surface area contributed by atoms with Crippen LogP contribution < -0.4 is 0 Å². The van der Waals surface area contributed by atoms with E-state index in [0.29, 0.717) is 4.88 Å². The van der Waals surface area contributed by atoms with Gasteiger partial charge in [-0.1, -0.05) is 0 Å². The average Bonchev–Trinajstić information content (AvgIpc) is 2.56. The topological polar surface area (TPSA) is 37.3 Å². The van der Waals surface area contributed by atoms with Gasteiger partial charge in [0.05, 0.1) is 9.58 Å². The summed E-state index contributed by atoms with van der Waals surface area (Å²) in [4.78, 5) is 11.2. The van der Waals surface area contributed by atoms with Crippen molar-refractivity contribution in [2.75, 3.05) is 0 Å². The number of hydrogen-bond acceptors (Lipinski definition) is 3. The second kappa shape index (κ2) is 3.26. The molecule has 13 heavy (non-hydrogen) atoms. The number of halogens is 1. The van der Waals surface area contributed by atoms with Crippen molar-refractivity contribution in [1.29, 1.82) is 0 Å². The van der Waals surface area contributed by atoms with E-state index in [0.717, 1.165) is 19.9 Å². The van der Waals surface area contributed by atoms with Gasteiger partial charge in [0.2, 0.25) is 0 Å². The Morgan fingerprint density at radius 1 is 1.46 bits per heavy atom. The molecule has 0 radical (unpaired) electrons. The number of phenols is 1. The summed E-state index contributed by atoms with van der Waals surface area (Å²) in [5.74, 6) is 0.244. The number of carbonyl (C=O) groups is 1. The number of carbonyl (C=O) groups excluding carboxylic acids is 1. The van der Waals surface area contributed by atoms with E-state index in [4.69, 9.17) is 0 Å². The van der Waals surface area contributed by atoms with Gasteiger partial charge in [0, 0.05) is 8.96 Å². The van der Waals surface area contributed by atoms with Crippen molar-refractivity contribution in [2.45, 2.75) is 0 Å². The summed E-state index contributed by atoms with van der Waals surface area (Å²) in [5, 5.41) is 10.4. The zero-order valence-electron chi connectivity index (χ0n) is 6.45. The van der Waals surface area contributed by atoms with Crippen molar-refractivity contribution in [3.8, 4) is 5.75 Å². The highest BCUT2D eigenvalue weighted by Gasteiger charge is 2.07. The molecule has 1 N–H and O–H groups in total. The molecule has 0 fully saturated rings. The van der Waals surface area contributed by atoms with Crippen LogP contribution in [-0.2, 0) is 0 Å². The molecule has 0 unspecified atom stereocenters. The Labute approximate surface area is 92.3 Å². The molecular weight excluding hydrogens is 299 g/mol. The highest BCUT2D eigenvalue weighted by molar-refractivity contribution is 14.1. The quantitative estimate of drug-likeness (QED) is 0.649. The van der Waals surface area contributed by atoms with Gasteiger partial charge in [0.15, 0.2) is 6.29 Å². The van der Waals surface area contributed by atoms with Crippen LogP contribution in [0.4, 0.5) is 0 Å². The van der Waals surface area contributed by atoms with Crippen molar-refractivity contribution in [3.63, 3.8) is 0 Å². The largest absolute Gasteiger partial charge is 0.506 e. The van der Waals surface area contributed by atoms with Crippen LogP contribution in [0.1, 0.15) is 9.67 Å². The minimum atomic E-state index is 0.244. The minimum absolute atomic E-state index is 0.244. The zero-order valence-corrected chi connectivity index (χ0v) is 9.43. The number of thiophene rings is 1. The van der Waals surface area contributed by atoms with Gasteiger partial charge in [-0.25, -0.2) is 0 Å². The first-order chi connectivity index (χ1) is 6.22.